The molecule has 0 saturated heterocycles. The molecule has 0 saturated carbocycles. The number of carboxylic acids is 1. The lowest BCUT2D eigenvalue weighted by atomic mass is 9.99. The Morgan fingerprint density at radius 1 is 1.37 bits per heavy atom. The molecule has 0 aliphatic carbocycles. The number of nitrogens with one attached hydrogen (secondary N) is 1. The highest BCUT2D eigenvalue weighted by atomic mass is 16.5. The molecule has 0 aliphatic heterocycles. The van der Waals surface area contributed by atoms with E-state index in [4.69, 9.17) is 9.84 Å². The predicted octanol–water partition coefficient (Wildman–Crippen LogP) is 1.70. The van der Waals surface area contributed by atoms with E-state index in [0.717, 1.165) is 0 Å². The van der Waals surface area contributed by atoms with Crippen molar-refractivity contribution >= 4 is 12.0 Å². The number of hydrogen-bond acceptors (Lipinski definition) is 3. The molecule has 0 aromatic heterocycles. The monoisotopic (exact) mass is 274 g/mol. The van der Waals surface area contributed by atoms with E-state index in [-0.39, 0.29) is 18.5 Å². The van der Waals surface area contributed by atoms with Crippen molar-refractivity contribution in [3.8, 4) is 0 Å². The van der Waals surface area contributed by atoms with Crippen LogP contribution in [0.3, 0.4) is 0 Å². The highest BCUT2D eigenvalue weighted by Gasteiger charge is 2.25. The van der Waals surface area contributed by atoms with Gasteiger partial charge >= 0.3 is 12.0 Å². The van der Waals surface area contributed by atoms with Gasteiger partial charge < -0.3 is 20.1 Å². The second-order valence-electron chi connectivity index (χ2n) is 5.49. The maximum Gasteiger partial charge on any atom is 0.318 e. The van der Waals surface area contributed by atoms with Crippen molar-refractivity contribution in [1.29, 1.82) is 0 Å². The molecule has 19 heavy (non-hydrogen) atoms. The molecule has 0 aromatic rings. The second kappa shape index (κ2) is 7.99. The van der Waals surface area contributed by atoms with Crippen molar-refractivity contribution in [1.82, 2.24) is 10.2 Å². The van der Waals surface area contributed by atoms with Crippen LogP contribution in [0.1, 0.15) is 40.5 Å². The number of aliphatic carboxylic acids is 1. The maximum atomic E-state index is 12.2. The third-order valence-electron chi connectivity index (χ3n) is 2.83. The summed E-state index contributed by atoms with van der Waals surface area (Å²) in [7, 11) is 1.59. The van der Waals surface area contributed by atoms with E-state index in [0.29, 0.717) is 19.6 Å². The summed E-state index contributed by atoms with van der Waals surface area (Å²) in [6.45, 7) is 8.49. The van der Waals surface area contributed by atoms with Gasteiger partial charge in [0.1, 0.15) is 0 Å². The summed E-state index contributed by atoms with van der Waals surface area (Å²) in [5.74, 6) is -0.859. The fourth-order valence-corrected chi connectivity index (χ4v) is 1.63. The number of methoxy groups -OCH3 is 1. The van der Waals surface area contributed by atoms with Gasteiger partial charge in [-0.25, -0.2) is 4.79 Å². The molecule has 0 heterocycles. The van der Waals surface area contributed by atoms with E-state index < -0.39 is 11.5 Å². The van der Waals surface area contributed by atoms with Crippen LogP contribution < -0.4 is 5.32 Å². The quantitative estimate of drug-likeness (QED) is 0.706. The van der Waals surface area contributed by atoms with E-state index in [1.54, 1.807) is 12.0 Å². The molecule has 0 rings (SSSR count). The van der Waals surface area contributed by atoms with Crippen LogP contribution in [0.2, 0.25) is 0 Å². The Morgan fingerprint density at radius 2 is 1.95 bits per heavy atom. The first-order valence-corrected chi connectivity index (χ1v) is 6.49. The standard InChI is InChI=1S/C13H26N2O4/c1-10(2)15(8-9-19-5)12(18)14-13(3,4)7-6-11(16)17/h10H,6-9H2,1-5H3,(H,14,18)(H,16,17). The molecule has 6 nitrogen and oxygen atoms in total. The Morgan fingerprint density at radius 3 is 2.37 bits per heavy atom. The molecule has 2 amide bonds. The number of carbonyl (C=O) groups excluding carboxylic acids is 1. The van der Waals surface area contributed by atoms with Crippen molar-refractivity contribution < 1.29 is 19.4 Å². The van der Waals surface area contributed by atoms with Gasteiger partial charge in [0.15, 0.2) is 0 Å². The highest BCUT2D eigenvalue weighted by Crippen LogP contribution is 2.12. The summed E-state index contributed by atoms with van der Waals surface area (Å²) in [5.41, 5.74) is -0.546. The fourth-order valence-electron chi connectivity index (χ4n) is 1.63. The first-order chi connectivity index (χ1) is 8.69. The number of rotatable bonds is 8. The van der Waals surface area contributed by atoms with Gasteiger partial charge in [-0.15, -0.1) is 0 Å². The molecule has 0 bridgehead atoms. The average Bonchev–Trinajstić information content (AvgIpc) is 2.26. The van der Waals surface area contributed by atoms with Gasteiger partial charge in [-0.3, -0.25) is 4.79 Å². The minimum absolute atomic E-state index is 0.0348. The Bertz CT molecular complexity index is 303. The Labute approximate surface area is 115 Å². The largest absolute Gasteiger partial charge is 0.481 e. The van der Waals surface area contributed by atoms with E-state index in [2.05, 4.69) is 5.32 Å². The van der Waals surface area contributed by atoms with Crippen LogP contribution in [0.4, 0.5) is 4.79 Å². The molecule has 0 unspecified atom stereocenters. The topological polar surface area (TPSA) is 78.9 Å². The van der Waals surface area contributed by atoms with Crippen molar-refractivity contribution in [2.75, 3.05) is 20.3 Å². The number of urea groups is 1. The molecule has 0 aromatic carbocycles. The molecular formula is C13H26N2O4. The van der Waals surface area contributed by atoms with Gasteiger partial charge in [0.2, 0.25) is 0 Å². The molecule has 112 valence electrons. The minimum Gasteiger partial charge on any atom is -0.481 e. The van der Waals surface area contributed by atoms with Gasteiger partial charge in [-0.05, 0) is 34.1 Å². The molecular weight excluding hydrogens is 248 g/mol. The van der Waals surface area contributed by atoms with Crippen LogP contribution in [0.25, 0.3) is 0 Å². The molecule has 0 spiro atoms. The summed E-state index contributed by atoms with van der Waals surface area (Å²) in [6, 6.07) is -0.132. The number of nitrogens with zero attached hydrogens (tertiary/aromatic N) is 1. The third-order valence-corrected chi connectivity index (χ3v) is 2.83. The predicted molar refractivity (Wildman–Crippen MR) is 73.2 cm³/mol. The molecule has 0 atom stereocenters. The number of carboxylic acid groups (broad SMARTS) is 1. The highest BCUT2D eigenvalue weighted by molar-refractivity contribution is 5.75. The smallest absolute Gasteiger partial charge is 0.318 e. The van der Waals surface area contributed by atoms with Crippen molar-refractivity contribution in [3.63, 3.8) is 0 Å². The SMILES string of the molecule is COCCN(C(=O)NC(C)(C)CCC(=O)O)C(C)C. The van der Waals surface area contributed by atoms with E-state index >= 15 is 0 Å². The lowest BCUT2D eigenvalue weighted by Gasteiger charge is -2.32. The third kappa shape index (κ3) is 7.66. The van der Waals surface area contributed by atoms with Gasteiger partial charge in [0.05, 0.1) is 6.61 Å². The lowest BCUT2D eigenvalue weighted by molar-refractivity contribution is -0.137. The van der Waals surface area contributed by atoms with Gasteiger partial charge in [-0.2, -0.15) is 0 Å². The number of amides is 2. The van der Waals surface area contributed by atoms with Gasteiger partial charge in [-0.1, -0.05) is 0 Å². The Balaban J connectivity index is 4.47. The van der Waals surface area contributed by atoms with Crippen LogP contribution in [0, 0.1) is 0 Å². The summed E-state index contributed by atoms with van der Waals surface area (Å²) in [5, 5.41) is 11.6. The molecule has 2 N–H and O–H groups in total. The zero-order valence-corrected chi connectivity index (χ0v) is 12.5. The zero-order chi connectivity index (χ0) is 15.1. The molecule has 0 fully saturated rings. The zero-order valence-electron chi connectivity index (χ0n) is 12.5. The average molecular weight is 274 g/mol. The normalized spacial score (nSPS) is 11.5. The number of carbonyl (C=O) groups is 2. The van der Waals surface area contributed by atoms with E-state index in [9.17, 15) is 9.59 Å². The van der Waals surface area contributed by atoms with Crippen LogP contribution in [0.5, 0.6) is 0 Å². The van der Waals surface area contributed by atoms with Crippen molar-refractivity contribution in [2.45, 2.75) is 52.1 Å². The Kier molecular flexibility index (Phi) is 7.44. The van der Waals surface area contributed by atoms with E-state index in [1.807, 2.05) is 27.7 Å². The van der Waals surface area contributed by atoms with Crippen LogP contribution in [0.15, 0.2) is 0 Å². The van der Waals surface area contributed by atoms with Gasteiger partial charge in [0, 0.05) is 31.7 Å². The maximum absolute atomic E-state index is 12.2. The van der Waals surface area contributed by atoms with Crippen molar-refractivity contribution in [2.24, 2.45) is 0 Å². The summed E-state index contributed by atoms with van der Waals surface area (Å²) in [6.07, 6.45) is 0.428. The van der Waals surface area contributed by atoms with Gasteiger partial charge in [0.25, 0.3) is 0 Å². The van der Waals surface area contributed by atoms with E-state index in [1.165, 1.54) is 0 Å². The second-order valence-corrected chi connectivity index (χ2v) is 5.49. The molecule has 6 heteroatoms. The number of ether oxygens (including phenoxy) is 1. The fraction of sp³-hybridized carbons (Fsp3) is 0.846. The lowest BCUT2D eigenvalue weighted by Crippen LogP contribution is -2.52. The Hall–Kier alpha value is -1.30. The first-order valence-electron chi connectivity index (χ1n) is 6.49. The summed E-state index contributed by atoms with van der Waals surface area (Å²) < 4.78 is 4.98. The molecule has 0 radical (unpaired) electrons. The van der Waals surface area contributed by atoms with Crippen LogP contribution >= 0.6 is 0 Å². The van der Waals surface area contributed by atoms with Crippen LogP contribution in [-0.4, -0.2) is 53.8 Å². The summed E-state index contributed by atoms with van der Waals surface area (Å²) >= 11 is 0. The first kappa shape index (κ1) is 17.7. The number of hydrogen-bond donors (Lipinski definition) is 2. The van der Waals surface area contributed by atoms with Crippen molar-refractivity contribution in [3.05, 3.63) is 0 Å². The molecule has 0 aliphatic rings. The minimum atomic E-state index is -0.859. The van der Waals surface area contributed by atoms with Crippen LogP contribution in [-0.2, 0) is 9.53 Å². The summed E-state index contributed by atoms with van der Waals surface area (Å²) in [4.78, 5) is 24.4.